The molecule has 1 aliphatic rings. The Morgan fingerprint density at radius 1 is 1.58 bits per heavy atom. The summed E-state index contributed by atoms with van der Waals surface area (Å²) < 4.78 is 10.7. The van der Waals surface area contributed by atoms with E-state index in [2.05, 4.69) is 0 Å². The van der Waals surface area contributed by atoms with Crippen LogP contribution in [0.4, 0.5) is 0 Å². The van der Waals surface area contributed by atoms with Gasteiger partial charge in [0.2, 0.25) is 0 Å². The number of hydrogen-bond donors (Lipinski definition) is 0. The standard InChI is InChI=1S/C10H18O2/c1-9(2)6-12-8-10-4-3-5-11-7-10/h6,10H,3-5,7-8H2,1-2H3. The van der Waals surface area contributed by atoms with Gasteiger partial charge in [0, 0.05) is 12.5 Å². The Balaban J connectivity index is 2.09. The van der Waals surface area contributed by atoms with Gasteiger partial charge in [0.1, 0.15) is 0 Å². The number of allylic oxidation sites excluding steroid dienone is 1. The molecule has 2 nitrogen and oxygen atoms in total. The van der Waals surface area contributed by atoms with Gasteiger partial charge in [-0.15, -0.1) is 0 Å². The fraction of sp³-hybridized carbons (Fsp3) is 0.800. The van der Waals surface area contributed by atoms with Crippen LogP contribution in [0.25, 0.3) is 0 Å². The molecule has 0 radical (unpaired) electrons. The summed E-state index contributed by atoms with van der Waals surface area (Å²) in [6, 6.07) is 0. The van der Waals surface area contributed by atoms with Gasteiger partial charge in [-0.2, -0.15) is 0 Å². The summed E-state index contributed by atoms with van der Waals surface area (Å²) in [4.78, 5) is 0. The number of hydrogen-bond acceptors (Lipinski definition) is 2. The summed E-state index contributed by atoms with van der Waals surface area (Å²) in [6.45, 7) is 6.69. The van der Waals surface area contributed by atoms with E-state index < -0.39 is 0 Å². The van der Waals surface area contributed by atoms with E-state index >= 15 is 0 Å². The molecule has 70 valence electrons. The van der Waals surface area contributed by atoms with Crippen LogP contribution in [0.5, 0.6) is 0 Å². The van der Waals surface area contributed by atoms with Crippen molar-refractivity contribution in [3.63, 3.8) is 0 Å². The fourth-order valence-electron chi connectivity index (χ4n) is 1.29. The average molecular weight is 170 g/mol. The van der Waals surface area contributed by atoms with Gasteiger partial charge < -0.3 is 9.47 Å². The van der Waals surface area contributed by atoms with Crippen LogP contribution in [0.2, 0.25) is 0 Å². The third kappa shape index (κ3) is 3.77. The van der Waals surface area contributed by atoms with Crippen molar-refractivity contribution < 1.29 is 9.47 Å². The summed E-state index contributed by atoms with van der Waals surface area (Å²) in [6.07, 6.45) is 4.26. The summed E-state index contributed by atoms with van der Waals surface area (Å²) in [5.74, 6) is 0.606. The van der Waals surface area contributed by atoms with E-state index in [-0.39, 0.29) is 0 Å². The van der Waals surface area contributed by atoms with Crippen molar-refractivity contribution in [1.82, 2.24) is 0 Å². The fourth-order valence-corrected chi connectivity index (χ4v) is 1.29. The molecule has 1 heterocycles. The van der Waals surface area contributed by atoms with Crippen LogP contribution in [0.15, 0.2) is 11.8 Å². The minimum Gasteiger partial charge on any atom is -0.501 e. The minimum atomic E-state index is 0.606. The van der Waals surface area contributed by atoms with Gasteiger partial charge in [0.15, 0.2) is 0 Å². The molecule has 0 saturated carbocycles. The first-order valence-corrected chi connectivity index (χ1v) is 4.62. The zero-order chi connectivity index (χ0) is 8.81. The molecule has 0 aliphatic carbocycles. The van der Waals surface area contributed by atoms with Crippen LogP contribution in [-0.4, -0.2) is 19.8 Å². The maximum Gasteiger partial charge on any atom is 0.0923 e. The average Bonchev–Trinajstić information content (AvgIpc) is 2.05. The SMILES string of the molecule is CC(C)=COCC1CCCOC1. The highest BCUT2D eigenvalue weighted by molar-refractivity contribution is 4.86. The molecular formula is C10H18O2. The maximum atomic E-state index is 5.39. The molecule has 0 spiro atoms. The highest BCUT2D eigenvalue weighted by Gasteiger charge is 2.13. The Morgan fingerprint density at radius 3 is 3.00 bits per heavy atom. The predicted octanol–water partition coefficient (Wildman–Crippen LogP) is 2.35. The zero-order valence-corrected chi connectivity index (χ0v) is 8.01. The third-order valence-corrected chi connectivity index (χ3v) is 1.91. The molecule has 0 aromatic heterocycles. The van der Waals surface area contributed by atoms with Crippen LogP contribution < -0.4 is 0 Å². The van der Waals surface area contributed by atoms with Gasteiger partial charge in [-0.1, -0.05) is 0 Å². The van der Waals surface area contributed by atoms with Crippen LogP contribution in [0.3, 0.4) is 0 Å². The van der Waals surface area contributed by atoms with Crippen molar-refractivity contribution in [3.05, 3.63) is 11.8 Å². The lowest BCUT2D eigenvalue weighted by Gasteiger charge is -2.21. The van der Waals surface area contributed by atoms with Crippen molar-refractivity contribution in [3.8, 4) is 0 Å². The topological polar surface area (TPSA) is 18.5 Å². The Bertz CT molecular complexity index is 142. The molecule has 1 unspecified atom stereocenters. The lowest BCUT2D eigenvalue weighted by Crippen LogP contribution is -2.20. The van der Waals surface area contributed by atoms with E-state index in [1.165, 1.54) is 18.4 Å². The number of rotatable bonds is 3. The highest BCUT2D eigenvalue weighted by Crippen LogP contribution is 2.13. The summed E-state index contributed by atoms with van der Waals surface area (Å²) in [5.41, 5.74) is 1.21. The summed E-state index contributed by atoms with van der Waals surface area (Å²) in [5, 5.41) is 0. The molecule has 2 heteroatoms. The first-order chi connectivity index (χ1) is 5.79. The predicted molar refractivity (Wildman–Crippen MR) is 48.9 cm³/mol. The lowest BCUT2D eigenvalue weighted by atomic mass is 10.0. The molecule has 1 fully saturated rings. The molecule has 1 aliphatic heterocycles. The zero-order valence-electron chi connectivity index (χ0n) is 8.01. The Morgan fingerprint density at radius 2 is 2.42 bits per heavy atom. The molecule has 1 atom stereocenters. The van der Waals surface area contributed by atoms with Crippen molar-refractivity contribution in [2.75, 3.05) is 19.8 Å². The molecule has 0 aromatic carbocycles. The molecule has 1 saturated heterocycles. The van der Waals surface area contributed by atoms with Crippen LogP contribution in [0, 0.1) is 5.92 Å². The van der Waals surface area contributed by atoms with Gasteiger partial charge in [-0.3, -0.25) is 0 Å². The minimum absolute atomic E-state index is 0.606. The van der Waals surface area contributed by atoms with Crippen molar-refractivity contribution in [2.45, 2.75) is 26.7 Å². The van der Waals surface area contributed by atoms with E-state index in [0.29, 0.717) is 5.92 Å². The smallest absolute Gasteiger partial charge is 0.0923 e. The van der Waals surface area contributed by atoms with Gasteiger partial charge in [0.05, 0.1) is 19.5 Å². The van der Waals surface area contributed by atoms with Crippen LogP contribution in [-0.2, 0) is 9.47 Å². The third-order valence-electron chi connectivity index (χ3n) is 1.91. The van der Waals surface area contributed by atoms with Crippen molar-refractivity contribution >= 4 is 0 Å². The van der Waals surface area contributed by atoms with Crippen molar-refractivity contribution in [1.29, 1.82) is 0 Å². The first-order valence-electron chi connectivity index (χ1n) is 4.62. The van der Waals surface area contributed by atoms with E-state index in [4.69, 9.17) is 9.47 Å². The second-order valence-corrected chi connectivity index (χ2v) is 3.61. The molecular weight excluding hydrogens is 152 g/mol. The summed E-state index contributed by atoms with van der Waals surface area (Å²) in [7, 11) is 0. The largest absolute Gasteiger partial charge is 0.501 e. The molecule has 0 bridgehead atoms. The molecule has 1 rings (SSSR count). The van der Waals surface area contributed by atoms with Crippen molar-refractivity contribution in [2.24, 2.45) is 5.92 Å². The van der Waals surface area contributed by atoms with E-state index in [1.807, 2.05) is 20.1 Å². The maximum absolute atomic E-state index is 5.39. The molecule has 0 aromatic rings. The number of ether oxygens (including phenoxy) is 2. The molecule has 12 heavy (non-hydrogen) atoms. The second-order valence-electron chi connectivity index (χ2n) is 3.61. The van der Waals surface area contributed by atoms with Gasteiger partial charge >= 0.3 is 0 Å². The van der Waals surface area contributed by atoms with Gasteiger partial charge in [0.25, 0.3) is 0 Å². The second kappa shape index (κ2) is 5.20. The molecule has 0 N–H and O–H groups in total. The lowest BCUT2D eigenvalue weighted by molar-refractivity contribution is 0.0264. The van der Waals surface area contributed by atoms with E-state index in [1.54, 1.807) is 0 Å². The van der Waals surface area contributed by atoms with Crippen LogP contribution >= 0.6 is 0 Å². The monoisotopic (exact) mass is 170 g/mol. The Labute approximate surface area is 74.6 Å². The quantitative estimate of drug-likeness (QED) is 0.605. The summed E-state index contributed by atoms with van der Waals surface area (Å²) >= 11 is 0. The first kappa shape index (κ1) is 9.59. The van der Waals surface area contributed by atoms with Gasteiger partial charge in [-0.25, -0.2) is 0 Å². The van der Waals surface area contributed by atoms with E-state index in [9.17, 15) is 0 Å². The normalized spacial score (nSPS) is 23.3. The van der Waals surface area contributed by atoms with E-state index in [0.717, 1.165) is 19.8 Å². The Kier molecular flexibility index (Phi) is 4.15. The molecule has 0 amide bonds. The van der Waals surface area contributed by atoms with Crippen LogP contribution in [0.1, 0.15) is 26.7 Å². The highest BCUT2D eigenvalue weighted by atomic mass is 16.5. The Hall–Kier alpha value is -0.500. The van der Waals surface area contributed by atoms with Gasteiger partial charge in [-0.05, 0) is 32.3 Å².